The smallest absolute Gasteiger partial charge is 0.0950 e. The van der Waals surface area contributed by atoms with Crippen LogP contribution in [0.1, 0.15) is 75.1 Å². The van der Waals surface area contributed by atoms with E-state index in [0.29, 0.717) is 10.0 Å². The van der Waals surface area contributed by atoms with Crippen LogP contribution in [0.25, 0.3) is 10.9 Å². The van der Waals surface area contributed by atoms with Crippen molar-refractivity contribution in [2.75, 3.05) is 6.54 Å². The Balaban J connectivity index is 1.51. The molecule has 1 aromatic carbocycles. The fourth-order valence-electron chi connectivity index (χ4n) is 7.41. The Hall–Kier alpha value is -0.870. The predicted molar refractivity (Wildman–Crippen MR) is 122 cm³/mol. The van der Waals surface area contributed by atoms with Crippen molar-refractivity contribution >= 4 is 34.1 Å². The van der Waals surface area contributed by atoms with Gasteiger partial charge in [0, 0.05) is 27.6 Å². The van der Waals surface area contributed by atoms with Crippen molar-refractivity contribution in [1.29, 1.82) is 0 Å². The second-order valence-corrected chi connectivity index (χ2v) is 11.3. The van der Waals surface area contributed by atoms with E-state index in [1.54, 1.807) is 6.07 Å². The number of pyridine rings is 1. The van der Waals surface area contributed by atoms with Crippen LogP contribution in [0.5, 0.6) is 0 Å². The minimum atomic E-state index is -0.571. The molecule has 2 aromatic rings. The molecule has 6 rings (SSSR count). The second kappa shape index (κ2) is 7.33. The molecule has 3 nitrogen and oxygen atoms in total. The number of aromatic nitrogens is 1. The number of hydrogen-bond acceptors (Lipinski definition) is 3. The van der Waals surface area contributed by atoms with Crippen LogP contribution < -0.4 is 5.32 Å². The SMILES string of the molecule is OC(c1cc(C23CC4CCC(C2)C(C4)C3)nc2c(Cl)cc(Cl)cc12)C1CCCCN1. The third-order valence-corrected chi connectivity index (χ3v) is 9.20. The molecular formula is C25H30Cl2N2O. The molecule has 160 valence electrons. The van der Waals surface area contributed by atoms with Gasteiger partial charge in [0.15, 0.2) is 0 Å². The van der Waals surface area contributed by atoms with Gasteiger partial charge in [-0.05, 0) is 93.0 Å². The number of aliphatic hydroxyl groups is 1. The van der Waals surface area contributed by atoms with Crippen LogP contribution in [-0.2, 0) is 5.41 Å². The second-order valence-electron chi connectivity index (χ2n) is 10.5. The van der Waals surface area contributed by atoms with Gasteiger partial charge in [0.25, 0.3) is 0 Å². The Morgan fingerprint density at radius 3 is 2.73 bits per heavy atom. The van der Waals surface area contributed by atoms with Crippen molar-refractivity contribution in [2.24, 2.45) is 17.8 Å². The topological polar surface area (TPSA) is 45.2 Å². The highest BCUT2D eigenvalue weighted by Gasteiger charge is 2.54. The first-order valence-electron chi connectivity index (χ1n) is 11.7. The van der Waals surface area contributed by atoms with Crippen LogP contribution in [0.4, 0.5) is 0 Å². The van der Waals surface area contributed by atoms with Crippen molar-refractivity contribution in [2.45, 2.75) is 75.3 Å². The van der Waals surface area contributed by atoms with Crippen molar-refractivity contribution < 1.29 is 5.11 Å². The van der Waals surface area contributed by atoms with E-state index in [9.17, 15) is 5.11 Å². The van der Waals surface area contributed by atoms with Gasteiger partial charge in [0.05, 0.1) is 16.6 Å². The molecule has 0 spiro atoms. The normalized spacial score (nSPS) is 36.4. The molecule has 3 saturated carbocycles. The van der Waals surface area contributed by atoms with Crippen molar-refractivity contribution in [3.05, 3.63) is 39.5 Å². The van der Waals surface area contributed by atoms with Gasteiger partial charge in [0.2, 0.25) is 0 Å². The molecule has 30 heavy (non-hydrogen) atoms. The molecule has 4 aliphatic rings. The van der Waals surface area contributed by atoms with E-state index < -0.39 is 6.10 Å². The number of rotatable bonds is 3. The zero-order valence-corrected chi connectivity index (χ0v) is 18.9. The lowest BCUT2D eigenvalue weighted by molar-refractivity contribution is 0.114. The minimum absolute atomic E-state index is 0.0753. The third-order valence-electron chi connectivity index (χ3n) is 8.69. The molecule has 1 saturated heterocycles. The van der Waals surface area contributed by atoms with Gasteiger partial charge < -0.3 is 10.4 Å². The molecule has 1 aromatic heterocycles. The van der Waals surface area contributed by atoms with Gasteiger partial charge >= 0.3 is 0 Å². The van der Waals surface area contributed by atoms with Gasteiger partial charge in [-0.3, -0.25) is 4.98 Å². The molecule has 3 bridgehead atoms. The Labute approximate surface area is 188 Å². The number of piperidine rings is 1. The number of benzene rings is 1. The Bertz CT molecular complexity index is 985. The van der Waals surface area contributed by atoms with E-state index in [-0.39, 0.29) is 11.5 Å². The molecule has 1 aliphatic heterocycles. The average Bonchev–Trinajstić information content (AvgIpc) is 2.92. The zero-order valence-electron chi connectivity index (χ0n) is 17.3. The van der Waals surface area contributed by atoms with Gasteiger partial charge in [-0.2, -0.15) is 0 Å². The van der Waals surface area contributed by atoms with Crippen LogP contribution in [0.2, 0.25) is 10.0 Å². The lowest BCUT2D eigenvalue weighted by Gasteiger charge is -2.40. The summed E-state index contributed by atoms with van der Waals surface area (Å²) in [7, 11) is 0. The number of halogens is 2. The van der Waals surface area contributed by atoms with Gasteiger partial charge in [-0.25, -0.2) is 0 Å². The molecule has 2 heterocycles. The number of hydrogen-bond donors (Lipinski definition) is 2. The summed E-state index contributed by atoms with van der Waals surface area (Å²) < 4.78 is 0. The largest absolute Gasteiger partial charge is 0.387 e. The van der Waals surface area contributed by atoms with Gasteiger partial charge in [0.1, 0.15) is 0 Å². The van der Waals surface area contributed by atoms with Crippen LogP contribution in [0.15, 0.2) is 18.2 Å². The quantitative estimate of drug-likeness (QED) is 0.593. The third kappa shape index (κ3) is 3.11. The fourth-order valence-corrected chi connectivity index (χ4v) is 7.94. The first-order chi connectivity index (χ1) is 14.5. The zero-order chi connectivity index (χ0) is 20.5. The summed E-state index contributed by atoms with van der Waals surface area (Å²) in [5.74, 6) is 2.56. The molecule has 3 aliphatic carbocycles. The predicted octanol–water partition coefficient (Wildman–Crippen LogP) is 6.18. The summed E-state index contributed by atoms with van der Waals surface area (Å²) in [4.78, 5) is 5.17. The van der Waals surface area contributed by atoms with Crippen LogP contribution >= 0.6 is 23.2 Å². The minimum Gasteiger partial charge on any atom is -0.387 e. The van der Waals surface area contributed by atoms with E-state index in [1.807, 2.05) is 6.07 Å². The molecule has 2 N–H and O–H groups in total. The molecule has 0 radical (unpaired) electrons. The summed E-state index contributed by atoms with van der Waals surface area (Å²) in [6.45, 7) is 0.966. The van der Waals surface area contributed by atoms with E-state index >= 15 is 0 Å². The van der Waals surface area contributed by atoms with Gasteiger partial charge in [-0.15, -0.1) is 0 Å². The van der Waals surface area contributed by atoms with Crippen molar-refractivity contribution in [3.63, 3.8) is 0 Å². The van der Waals surface area contributed by atoms with Crippen LogP contribution in [0, 0.1) is 17.8 Å². The van der Waals surface area contributed by atoms with Crippen molar-refractivity contribution in [3.8, 4) is 0 Å². The van der Waals surface area contributed by atoms with E-state index in [1.165, 1.54) is 50.6 Å². The summed E-state index contributed by atoms with van der Waals surface area (Å²) in [5, 5.41) is 17.1. The molecule has 6 atom stereocenters. The number of nitrogens with zero attached hydrogens (tertiary/aromatic N) is 1. The highest BCUT2D eigenvalue weighted by molar-refractivity contribution is 6.38. The summed E-state index contributed by atoms with van der Waals surface area (Å²) in [6, 6.07) is 6.02. The fraction of sp³-hybridized carbons (Fsp3) is 0.640. The standard InChI is InChI=1S/C25H30Cl2N2O/c26-17-8-18-19(24(30)21-3-1-2-6-28-21)10-22(29-23(18)20(27)9-17)25-11-14-4-5-15(12-25)16(7-14)13-25/h8-10,14-16,21,24,28,30H,1-7,11-13H2. The lowest BCUT2D eigenvalue weighted by atomic mass is 9.66. The Kier molecular flexibility index (Phi) is 4.84. The maximum atomic E-state index is 11.5. The van der Waals surface area contributed by atoms with Crippen LogP contribution in [-0.4, -0.2) is 22.7 Å². The monoisotopic (exact) mass is 444 g/mol. The maximum Gasteiger partial charge on any atom is 0.0950 e. The molecule has 4 fully saturated rings. The first-order valence-corrected chi connectivity index (χ1v) is 12.5. The number of nitrogens with one attached hydrogen (secondary N) is 1. The maximum absolute atomic E-state index is 11.5. The summed E-state index contributed by atoms with van der Waals surface area (Å²) in [6.07, 6.45) is 10.7. The Morgan fingerprint density at radius 1 is 1.03 bits per heavy atom. The van der Waals surface area contributed by atoms with E-state index in [4.69, 9.17) is 28.2 Å². The Morgan fingerprint density at radius 2 is 1.90 bits per heavy atom. The number of fused-ring (bicyclic) bond motifs is 3. The summed E-state index contributed by atoms with van der Waals surface area (Å²) in [5.41, 5.74) is 3.09. The first kappa shape index (κ1) is 19.8. The number of aliphatic hydroxyl groups excluding tert-OH is 1. The molecule has 6 unspecified atom stereocenters. The van der Waals surface area contributed by atoms with E-state index in [2.05, 4.69) is 11.4 Å². The average molecular weight is 445 g/mol. The molecule has 0 amide bonds. The highest BCUT2D eigenvalue weighted by Crippen LogP contribution is 2.62. The molecular weight excluding hydrogens is 415 g/mol. The van der Waals surface area contributed by atoms with Crippen LogP contribution in [0.3, 0.4) is 0 Å². The molecule has 5 heteroatoms. The highest BCUT2D eigenvalue weighted by atomic mass is 35.5. The van der Waals surface area contributed by atoms with Gasteiger partial charge in [-0.1, -0.05) is 36.0 Å². The summed E-state index contributed by atoms with van der Waals surface area (Å²) >= 11 is 13.0. The van der Waals surface area contributed by atoms with Crippen molar-refractivity contribution in [1.82, 2.24) is 10.3 Å². The van der Waals surface area contributed by atoms with E-state index in [0.717, 1.165) is 53.6 Å². The lowest BCUT2D eigenvalue weighted by Crippen LogP contribution is -2.39.